The van der Waals surface area contributed by atoms with Gasteiger partial charge in [0.15, 0.2) is 11.6 Å². The molecular weight excluding hydrogens is 687 g/mol. The first-order valence-corrected chi connectivity index (χ1v) is 16.3. The SMILES string of the molecule is Cc1cc(N)c(F)c(-c2nc3c4c(nc(OC[C@@]56CCCN5C[C@]5(CC5(F)F)C6)nc4c2F)N([C@H](C)c2nccnc2N)CCO3)c1C(F)(F)F. The van der Waals surface area contributed by atoms with E-state index in [1.807, 2.05) is 4.90 Å². The van der Waals surface area contributed by atoms with Gasteiger partial charge in [-0.2, -0.15) is 23.1 Å². The van der Waals surface area contributed by atoms with Crippen LogP contribution in [-0.2, 0) is 6.18 Å². The second-order valence-electron chi connectivity index (χ2n) is 13.9. The lowest BCUT2D eigenvalue weighted by Gasteiger charge is -2.32. The molecule has 51 heavy (non-hydrogen) atoms. The van der Waals surface area contributed by atoms with Crippen molar-refractivity contribution in [1.82, 2.24) is 29.8 Å². The fourth-order valence-corrected chi connectivity index (χ4v) is 8.26. The minimum Gasteiger partial charge on any atom is -0.475 e. The molecule has 4 aromatic rings. The Morgan fingerprint density at radius 2 is 1.78 bits per heavy atom. The van der Waals surface area contributed by atoms with Crippen molar-refractivity contribution in [2.45, 2.75) is 63.2 Å². The van der Waals surface area contributed by atoms with E-state index in [9.17, 15) is 22.0 Å². The summed E-state index contributed by atoms with van der Waals surface area (Å²) in [5.41, 5.74) is 4.99. The lowest BCUT2D eigenvalue weighted by molar-refractivity contribution is -0.137. The number of halogens is 7. The number of anilines is 3. The number of benzene rings is 1. The molecule has 6 heterocycles. The molecule has 0 bridgehead atoms. The van der Waals surface area contributed by atoms with Crippen LogP contribution < -0.4 is 25.8 Å². The van der Waals surface area contributed by atoms with Gasteiger partial charge in [0.05, 0.1) is 40.4 Å². The number of alkyl halides is 5. The summed E-state index contributed by atoms with van der Waals surface area (Å²) in [6, 6.07) is -0.231. The molecule has 4 N–H and O–H groups in total. The molecule has 0 unspecified atom stereocenters. The van der Waals surface area contributed by atoms with Gasteiger partial charge in [-0.3, -0.25) is 9.88 Å². The average molecular weight is 720 g/mol. The van der Waals surface area contributed by atoms with Gasteiger partial charge in [0.2, 0.25) is 5.88 Å². The summed E-state index contributed by atoms with van der Waals surface area (Å²) in [5, 5.41) is -0.122. The summed E-state index contributed by atoms with van der Waals surface area (Å²) < 4.78 is 117. The normalized spacial score (nSPS) is 24.5. The predicted molar refractivity (Wildman–Crippen MR) is 170 cm³/mol. The lowest BCUT2D eigenvalue weighted by atomic mass is 9.89. The van der Waals surface area contributed by atoms with Crippen molar-refractivity contribution in [2.75, 3.05) is 49.2 Å². The van der Waals surface area contributed by atoms with Crippen molar-refractivity contribution >= 4 is 28.2 Å². The first-order valence-electron chi connectivity index (χ1n) is 16.3. The number of fused-ring (bicyclic) bond motifs is 1. The van der Waals surface area contributed by atoms with Crippen LogP contribution in [0, 0.1) is 24.0 Å². The molecular formula is C33H32F7N9O2. The fraction of sp³-hybridized carbons (Fsp3) is 0.485. The van der Waals surface area contributed by atoms with Gasteiger partial charge in [0.1, 0.15) is 47.1 Å². The molecule has 18 heteroatoms. The van der Waals surface area contributed by atoms with Crippen molar-refractivity contribution in [3.8, 4) is 23.1 Å². The van der Waals surface area contributed by atoms with Gasteiger partial charge in [-0.15, -0.1) is 0 Å². The van der Waals surface area contributed by atoms with Crippen LogP contribution in [0.4, 0.5) is 48.1 Å². The van der Waals surface area contributed by atoms with E-state index < -0.39 is 74.3 Å². The topological polar surface area (TPSA) is 141 Å². The Balaban J connectivity index is 1.31. The number of hydrogen-bond acceptors (Lipinski definition) is 11. The summed E-state index contributed by atoms with van der Waals surface area (Å²) in [6.45, 7) is 3.48. The Morgan fingerprint density at radius 3 is 2.49 bits per heavy atom. The Labute approximate surface area is 286 Å². The molecule has 1 saturated carbocycles. The number of aromatic nitrogens is 5. The zero-order chi connectivity index (χ0) is 36.2. The van der Waals surface area contributed by atoms with Gasteiger partial charge in [-0.05, 0) is 51.3 Å². The maximum Gasteiger partial charge on any atom is 0.417 e. The Hall–Kier alpha value is -4.74. The third-order valence-corrected chi connectivity index (χ3v) is 10.8. The van der Waals surface area contributed by atoms with E-state index >= 15 is 8.78 Å². The highest BCUT2D eigenvalue weighted by Crippen LogP contribution is 2.69. The van der Waals surface area contributed by atoms with Crippen molar-refractivity contribution in [2.24, 2.45) is 5.41 Å². The maximum absolute atomic E-state index is 16.9. The largest absolute Gasteiger partial charge is 0.475 e. The summed E-state index contributed by atoms with van der Waals surface area (Å²) in [6.07, 6.45) is -0.957. The van der Waals surface area contributed by atoms with Gasteiger partial charge in [0.25, 0.3) is 5.92 Å². The third-order valence-electron chi connectivity index (χ3n) is 10.8. The Morgan fingerprint density at radius 1 is 1.04 bits per heavy atom. The van der Waals surface area contributed by atoms with Gasteiger partial charge in [-0.1, -0.05) is 0 Å². The monoisotopic (exact) mass is 719 g/mol. The van der Waals surface area contributed by atoms with Crippen LogP contribution in [0.2, 0.25) is 0 Å². The smallest absolute Gasteiger partial charge is 0.417 e. The molecule has 4 aliphatic rings. The van der Waals surface area contributed by atoms with Crippen molar-refractivity contribution in [1.29, 1.82) is 0 Å². The molecule has 270 valence electrons. The third kappa shape index (κ3) is 5.07. The second kappa shape index (κ2) is 11.1. The van der Waals surface area contributed by atoms with Gasteiger partial charge in [-0.25, -0.2) is 27.5 Å². The number of ether oxygens (including phenoxy) is 2. The molecule has 3 aliphatic heterocycles. The maximum atomic E-state index is 16.9. The van der Waals surface area contributed by atoms with Crippen LogP contribution in [0.25, 0.3) is 22.2 Å². The zero-order valence-corrected chi connectivity index (χ0v) is 27.4. The van der Waals surface area contributed by atoms with E-state index in [1.165, 1.54) is 12.4 Å². The van der Waals surface area contributed by atoms with Gasteiger partial charge in [0, 0.05) is 25.4 Å². The number of nitrogens with two attached hydrogens (primary N) is 2. The Bertz CT molecular complexity index is 2100. The van der Waals surface area contributed by atoms with Crippen LogP contribution >= 0.6 is 0 Å². The number of nitrogens with zero attached hydrogens (tertiary/aromatic N) is 7. The quantitative estimate of drug-likeness (QED) is 0.183. The highest BCUT2D eigenvalue weighted by Gasteiger charge is 2.77. The minimum atomic E-state index is -5.12. The minimum absolute atomic E-state index is 0.0238. The second-order valence-corrected chi connectivity index (χ2v) is 13.9. The number of nitrogen functional groups attached to an aromatic ring is 2. The van der Waals surface area contributed by atoms with E-state index in [0.717, 1.165) is 19.4 Å². The zero-order valence-electron chi connectivity index (χ0n) is 27.4. The first kappa shape index (κ1) is 33.4. The number of aryl methyl sites for hydroxylation is 1. The number of pyridine rings is 1. The number of rotatable bonds is 6. The van der Waals surface area contributed by atoms with Crippen molar-refractivity contribution in [3.05, 3.63) is 46.9 Å². The molecule has 3 atom stereocenters. The molecule has 11 nitrogen and oxygen atoms in total. The molecule has 3 fully saturated rings. The number of hydrogen-bond donors (Lipinski definition) is 2. The van der Waals surface area contributed by atoms with Crippen LogP contribution in [-0.4, -0.2) is 74.1 Å². The lowest BCUT2D eigenvalue weighted by Crippen LogP contribution is -2.43. The van der Waals surface area contributed by atoms with Crippen molar-refractivity contribution in [3.63, 3.8) is 0 Å². The van der Waals surface area contributed by atoms with Crippen molar-refractivity contribution < 1.29 is 40.2 Å². The van der Waals surface area contributed by atoms with E-state index in [2.05, 4.69) is 24.9 Å². The van der Waals surface area contributed by atoms with Gasteiger partial charge < -0.3 is 25.8 Å². The van der Waals surface area contributed by atoms with E-state index in [4.69, 9.17) is 20.9 Å². The fourth-order valence-electron chi connectivity index (χ4n) is 8.26. The molecule has 2 saturated heterocycles. The van der Waals surface area contributed by atoms with E-state index in [-0.39, 0.29) is 68.1 Å². The predicted octanol–water partition coefficient (Wildman–Crippen LogP) is 5.85. The summed E-state index contributed by atoms with van der Waals surface area (Å²) in [4.78, 5) is 25.1. The molecule has 1 spiro atoms. The highest BCUT2D eigenvalue weighted by molar-refractivity contribution is 5.97. The molecule has 0 amide bonds. The van der Waals surface area contributed by atoms with Crippen LogP contribution in [0.1, 0.15) is 55.5 Å². The summed E-state index contributed by atoms with van der Waals surface area (Å²) >= 11 is 0. The highest BCUT2D eigenvalue weighted by atomic mass is 19.4. The molecule has 0 radical (unpaired) electrons. The summed E-state index contributed by atoms with van der Waals surface area (Å²) in [5.74, 6) is -5.94. The van der Waals surface area contributed by atoms with E-state index in [1.54, 1.807) is 11.8 Å². The van der Waals surface area contributed by atoms with Crippen LogP contribution in [0.5, 0.6) is 11.9 Å². The molecule has 1 aromatic carbocycles. The molecule has 3 aromatic heterocycles. The first-order chi connectivity index (χ1) is 24.1. The molecule has 8 rings (SSSR count). The Kier molecular flexibility index (Phi) is 7.29. The van der Waals surface area contributed by atoms with Crippen LogP contribution in [0.15, 0.2) is 18.5 Å². The standard InChI is InChI=1S/C33H32F7N9O2/c1-15-10-17(41)21(34)18(20(15)33(38,39)40)24-22(35)25-19-27(49(8-9-50-28(19)45-24)16(2)23-26(42)44-6-5-43-23)47-29(46-25)51-14-31-4-3-7-48(31)13-30(11-31)12-32(30,36)37/h5-6,10,16H,3-4,7-9,11-14,41H2,1-2H3,(H2,42,44)/t16-,30-,31+/m1/s1. The van der Waals surface area contributed by atoms with E-state index in [0.29, 0.717) is 18.7 Å². The summed E-state index contributed by atoms with van der Waals surface area (Å²) in [7, 11) is 0. The van der Waals surface area contributed by atoms with Gasteiger partial charge >= 0.3 is 12.2 Å². The molecule has 1 aliphatic carbocycles. The average Bonchev–Trinajstić information content (AvgIpc) is 3.26. The van der Waals surface area contributed by atoms with Crippen LogP contribution in [0.3, 0.4) is 0 Å².